The zero-order valence-corrected chi connectivity index (χ0v) is 19.9. The van der Waals surface area contributed by atoms with E-state index in [1.165, 1.54) is 76.1 Å². The van der Waals surface area contributed by atoms with Crippen LogP contribution in [0.1, 0.15) is 102 Å². The Morgan fingerprint density at radius 3 is 1.59 bits per heavy atom. The van der Waals surface area contributed by atoms with Crippen LogP contribution in [0.15, 0.2) is 36.4 Å². The number of benzene rings is 2. The molecule has 6 heteroatoms. The molecule has 0 aliphatic heterocycles. The van der Waals surface area contributed by atoms with Crippen LogP contribution in [0.2, 0.25) is 0 Å². The quantitative estimate of drug-likeness (QED) is 0.244. The molecule has 2 aromatic rings. The lowest BCUT2D eigenvalue weighted by Gasteiger charge is -2.05. The van der Waals surface area contributed by atoms with Gasteiger partial charge in [-0.05, 0) is 25.1 Å². The Morgan fingerprint density at radius 2 is 1.22 bits per heavy atom. The van der Waals surface area contributed by atoms with E-state index < -0.39 is 29.4 Å². The monoisotopic (exact) mass is 458 g/mol. The summed E-state index contributed by atoms with van der Waals surface area (Å²) in [6.45, 7) is 9.91. The second kappa shape index (κ2) is 20.7. The van der Waals surface area contributed by atoms with Crippen LogP contribution < -0.4 is 0 Å². The van der Waals surface area contributed by atoms with Gasteiger partial charge < -0.3 is 5.11 Å². The van der Waals surface area contributed by atoms with Crippen molar-refractivity contribution in [1.29, 1.82) is 0 Å². The molecule has 2 aromatic carbocycles. The van der Waals surface area contributed by atoms with Crippen molar-refractivity contribution in [2.45, 2.75) is 85.7 Å². The van der Waals surface area contributed by atoms with E-state index in [1.807, 2.05) is 13.8 Å². The Labute approximate surface area is 190 Å². The van der Waals surface area contributed by atoms with Crippen LogP contribution in [0.5, 0.6) is 0 Å². The molecule has 32 heavy (non-hydrogen) atoms. The van der Waals surface area contributed by atoms with Gasteiger partial charge in [0.15, 0.2) is 29.6 Å². The highest BCUT2D eigenvalue weighted by Gasteiger charge is 2.10. The summed E-state index contributed by atoms with van der Waals surface area (Å²) in [5.41, 5.74) is -0.259. The van der Waals surface area contributed by atoms with E-state index in [0.717, 1.165) is 12.1 Å². The van der Waals surface area contributed by atoms with Crippen molar-refractivity contribution in [2.75, 3.05) is 0 Å². The summed E-state index contributed by atoms with van der Waals surface area (Å²) in [6.07, 6.45) is 9.28. The summed E-state index contributed by atoms with van der Waals surface area (Å²) < 4.78 is 49.8. The van der Waals surface area contributed by atoms with Crippen LogP contribution >= 0.6 is 0 Å². The summed E-state index contributed by atoms with van der Waals surface area (Å²) >= 11 is 0. The maximum absolute atomic E-state index is 12.7. The predicted molar refractivity (Wildman–Crippen MR) is 124 cm³/mol. The minimum atomic E-state index is -1.09. The number of carbonyl (C=O) groups is 1. The number of aliphatic hydroxyl groups is 1. The van der Waals surface area contributed by atoms with Gasteiger partial charge in [0.2, 0.25) is 0 Å². The molecule has 0 aliphatic carbocycles. The minimum Gasteiger partial charge on any atom is -0.389 e. The zero-order chi connectivity index (χ0) is 24.9. The number of hydrogen-bond donors (Lipinski definition) is 1. The van der Waals surface area contributed by atoms with Crippen molar-refractivity contribution in [3.63, 3.8) is 0 Å². The first-order valence-electron chi connectivity index (χ1n) is 11.3. The van der Waals surface area contributed by atoms with Crippen LogP contribution in [0.25, 0.3) is 0 Å². The second-order valence-corrected chi connectivity index (χ2v) is 6.85. The first-order chi connectivity index (χ1) is 15.3. The summed E-state index contributed by atoms with van der Waals surface area (Å²) in [5.74, 6) is -3.98. The van der Waals surface area contributed by atoms with Gasteiger partial charge >= 0.3 is 0 Å². The summed E-state index contributed by atoms with van der Waals surface area (Å²) in [5, 5.41) is 8.92. The molecule has 0 amide bonds. The van der Waals surface area contributed by atoms with Crippen LogP contribution in [0.4, 0.5) is 17.6 Å². The molecule has 0 saturated heterocycles. The van der Waals surface area contributed by atoms with Crippen LogP contribution in [0, 0.1) is 23.3 Å². The van der Waals surface area contributed by atoms with Gasteiger partial charge in [0.1, 0.15) is 0 Å². The van der Waals surface area contributed by atoms with Gasteiger partial charge in [-0.2, -0.15) is 0 Å². The Hall–Kier alpha value is -2.21. The first-order valence-corrected chi connectivity index (χ1v) is 11.3. The SMILES string of the molecule is CC.CC(O)c1cccc(F)c1F.CCCCCCCCC.O=Cc1cccc(F)c1F. The third kappa shape index (κ3) is 14.0. The van der Waals surface area contributed by atoms with Crippen molar-refractivity contribution in [1.82, 2.24) is 0 Å². The largest absolute Gasteiger partial charge is 0.389 e. The molecule has 0 aliphatic rings. The number of aliphatic hydroxyl groups excluding tert-OH is 1. The number of carbonyl (C=O) groups excluding carboxylic acids is 1. The molecule has 0 aromatic heterocycles. The lowest BCUT2D eigenvalue weighted by atomic mass is 10.1. The van der Waals surface area contributed by atoms with Crippen LogP contribution in [-0.2, 0) is 0 Å². The molecule has 2 rings (SSSR count). The smallest absolute Gasteiger partial charge is 0.169 e. The highest BCUT2D eigenvalue weighted by Crippen LogP contribution is 2.18. The fourth-order valence-corrected chi connectivity index (χ4v) is 2.48. The number of rotatable bonds is 8. The lowest BCUT2D eigenvalue weighted by Crippen LogP contribution is -1.97. The van der Waals surface area contributed by atoms with E-state index in [-0.39, 0.29) is 17.4 Å². The number of halogens is 4. The molecule has 0 bridgehead atoms. The molecule has 0 fully saturated rings. The maximum Gasteiger partial charge on any atom is 0.169 e. The van der Waals surface area contributed by atoms with Crippen LogP contribution in [-0.4, -0.2) is 11.4 Å². The highest BCUT2D eigenvalue weighted by molar-refractivity contribution is 5.74. The number of unbranched alkanes of at least 4 members (excludes halogenated alkanes) is 6. The second-order valence-electron chi connectivity index (χ2n) is 6.85. The normalized spacial score (nSPS) is 10.4. The standard InChI is InChI=1S/C9H20.C8H8F2O.C7H4F2O.C2H6/c1-3-5-7-9-8-6-4-2;1-5(11)6-3-2-4-7(9)8(6)10;8-6-3-1-2-5(4-10)7(6)9;1-2/h3-9H2,1-2H3;2-5,11H,1H3;1-4H;1-2H3. The third-order valence-corrected chi connectivity index (χ3v) is 4.25. The highest BCUT2D eigenvalue weighted by atomic mass is 19.2. The summed E-state index contributed by atoms with van der Waals surface area (Å²) in [4.78, 5) is 9.97. The Kier molecular flexibility index (Phi) is 20.7. The van der Waals surface area contributed by atoms with Crippen molar-refractivity contribution in [3.8, 4) is 0 Å². The molecule has 182 valence electrons. The summed E-state index contributed by atoms with van der Waals surface area (Å²) in [7, 11) is 0. The molecular weight excluding hydrogens is 420 g/mol. The van der Waals surface area contributed by atoms with Gasteiger partial charge in [-0.3, -0.25) is 4.79 Å². The molecule has 1 N–H and O–H groups in total. The molecule has 0 spiro atoms. The van der Waals surface area contributed by atoms with Gasteiger partial charge in [0, 0.05) is 5.56 Å². The van der Waals surface area contributed by atoms with E-state index in [1.54, 1.807) is 0 Å². The first kappa shape index (κ1) is 32.0. The molecule has 0 radical (unpaired) electrons. The van der Waals surface area contributed by atoms with Gasteiger partial charge in [-0.25, -0.2) is 17.6 Å². The van der Waals surface area contributed by atoms with E-state index in [0.29, 0.717) is 0 Å². The maximum atomic E-state index is 12.7. The molecule has 2 nitrogen and oxygen atoms in total. The molecule has 1 atom stereocenters. The fourth-order valence-electron chi connectivity index (χ4n) is 2.48. The Morgan fingerprint density at radius 1 is 0.781 bits per heavy atom. The summed E-state index contributed by atoms with van der Waals surface area (Å²) in [6, 6.07) is 7.18. The van der Waals surface area contributed by atoms with E-state index in [9.17, 15) is 22.4 Å². The van der Waals surface area contributed by atoms with Gasteiger partial charge in [-0.15, -0.1) is 0 Å². The van der Waals surface area contributed by atoms with Crippen LogP contribution in [0.3, 0.4) is 0 Å². The average Bonchev–Trinajstić information content (AvgIpc) is 2.79. The topological polar surface area (TPSA) is 37.3 Å². The lowest BCUT2D eigenvalue weighted by molar-refractivity contribution is 0.111. The molecule has 0 heterocycles. The third-order valence-electron chi connectivity index (χ3n) is 4.25. The number of hydrogen-bond acceptors (Lipinski definition) is 2. The minimum absolute atomic E-state index is 0.00926. The average molecular weight is 459 g/mol. The zero-order valence-electron chi connectivity index (χ0n) is 19.9. The van der Waals surface area contributed by atoms with Gasteiger partial charge in [0.25, 0.3) is 0 Å². The van der Waals surface area contributed by atoms with Crippen molar-refractivity contribution in [2.24, 2.45) is 0 Å². The molecular formula is C26H38F4O2. The Bertz CT molecular complexity index is 728. The van der Waals surface area contributed by atoms with E-state index in [4.69, 9.17) is 5.11 Å². The van der Waals surface area contributed by atoms with Crippen molar-refractivity contribution in [3.05, 3.63) is 70.8 Å². The molecule has 0 saturated carbocycles. The fraction of sp³-hybridized carbons (Fsp3) is 0.500. The van der Waals surface area contributed by atoms with E-state index >= 15 is 0 Å². The van der Waals surface area contributed by atoms with Crippen molar-refractivity contribution >= 4 is 6.29 Å². The molecule has 1 unspecified atom stereocenters. The Balaban J connectivity index is 0. The van der Waals surface area contributed by atoms with E-state index in [2.05, 4.69) is 13.8 Å². The van der Waals surface area contributed by atoms with Gasteiger partial charge in [-0.1, -0.05) is 90.8 Å². The van der Waals surface area contributed by atoms with Crippen molar-refractivity contribution < 1.29 is 27.5 Å². The van der Waals surface area contributed by atoms with Gasteiger partial charge in [0.05, 0.1) is 11.7 Å². The predicted octanol–water partition coefficient (Wildman–Crippen LogP) is 8.58. The number of aldehydes is 1.